The van der Waals surface area contributed by atoms with E-state index in [1.807, 2.05) is 17.0 Å². The van der Waals surface area contributed by atoms with E-state index in [9.17, 15) is 9.90 Å². The van der Waals surface area contributed by atoms with Crippen LogP contribution >= 0.6 is 0 Å². The molecule has 2 atom stereocenters. The molecule has 2 aliphatic rings. The number of urea groups is 1. The van der Waals surface area contributed by atoms with Gasteiger partial charge in [-0.25, -0.2) is 4.79 Å². The zero-order valence-electron chi connectivity index (χ0n) is 12.9. The van der Waals surface area contributed by atoms with Crippen molar-refractivity contribution < 1.29 is 14.3 Å². The first-order valence-electron chi connectivity index (χ1n) is 8.19. The molecule has 2 amide bonds. The maximum atomic E-state index is 12.4. The highest BCUT2D eigenvalue weighted by Crippen LogP contribution is 2.23. The Balaban J connectivity index is 1.52. The number of likely N-dealkylation sites (tertiary alicyclic amines) is 2. The molecule has 2 fully saturated rings. The third kappa shape index (κ3) is 3.44. The van der Waals surface area contributed by atoms with Crippen LogP contribution in [0, 0.1) is 0 Å². The number of rotatable bonds is 5. The van der Waals surface area contributed by atoms with E-state index in [1.54, 1.807) is 6.26 Å². The van der Waals surface area contributed by atoms with Crippen molar-refractivity contribution in [2.75, 3.05) is 26.2 Å². The molecule has 22 heavy (non-hydrogen) atoms. The van der Waals surface area contributed by atoms with Crippen molar-refractivity contribution >= 4 is 6.03 Å². The molecule has 3 heterocycles. The quantitative estimate of drug-likeness (QED) is 0.863. The minimum atomic E-state index is -0.0151. The first kappa shape index (κ1) is 15.4. The highest BCUT2D eigenvalue weighted by Gasteiger charge is 2.33. The number of hydrogen-bond donors (Lipinski definition) is 2. The van der Waals surface area contributed by atoms with E-state index in [2.05, 4.69) is 10.2 Å². The van der Waals surface area contributed by atoms with Gasteiger partial charge in [0, 0.05) is 25.2 Å². The molecule has 0 bridgehead atoms. The van der Waals surface area contributed by atoms with Gasteiger partial charge in [-0.1, -0.05) is 0 Å². The highest BCUT2D eigenvalue weighted by molar-refractivity contribution is 5.74. The van der Waals surface area contributed by atoms with Crippen molar-refractivity contribution in [2.45, 2.75) is 44.3 Å². The standard InChI is InChI=1S/C16H25N3O3/c20-12-14-5-1-7-18(14)11-13-4-2-8-19(13)16(21)17-10-15-6-3-9-22-15/h3,6,9,13-14,20H,1-2,4-5,7-8,10-12H2,(H,17,21). The molecule has 2 N–H and O–H groups in total. The Morgan fingerprint density at radius 2 is 2.14 bits per heavy atom. The second-order valence-corrected chi connectivity index (χ2v) is 6.20. The van der Waals surface area contributed by atoms with Crippen LogP contribution in [0.15, 0.2) is 22.8 Å². The Bertz CT molecular complexity index is 477. The van der Waals surface area contributed by atoms with Gasteiger partial charge in [-0.3, -0.25) is 4.90 Å². The summed E-state index contributed by atoms with van der Waals surface area (Å²) in [4.78, 5) is 16.7. The lowest BCUT2D eigenvalue weighted by molar-refractivity contribution is 0.127. The zero-order chi connectivity index (χ0) is 15.4. The molecular weight excluding hydrogens is 282 g/mol. The molecule has 6 heteroatoms. The third-order valence-corrected chi connectivity index (χ3v) is 4.79. The Morgan fingerprint density at radius 1 is 1.32 bits per heavy atom. The van der Waals surface area contributed by atoms with Gasteiger partial charge in [0.25, 0.3) is 0 Å². The summed E-state index contributed by atoms with van der Waals surface area (Å²) >= 11 is 0. The Labute approximate surface area is 131 Å². The van der Waals surface area contributed by atoms with Gasteiger partial charge in [-0.15, -0.1) is 0 Å². The van der Waals surface area contributed by atoms with Crippen molar-refractivity contribution in [3.63, 3.8) is 0 Å². The molecule has 0 spiro atoms. The molecule has 0 aliphatic carbocycles. The summed E-state index contributed by atoms with van der Waals surface area (Å²) in [5.41, 5.74) is 0. The highest BCUT2D eigenvalue weighted by atomic mass is 16.3. The molecule has 6 nitrogen and oxygen atoms in total. The molecule has 2 unspecified atom stereocenters. The van der Waals surface area contributed by atoms with Crippen LogP contribution in [0.2, 0.25) is 0 Å². The SMILES string of the molecule is O=C(NCc1ccco1)N1CCCC1CN1CCCC1CO. The lowest BCUT2D eigenvalue weighted by Crippen LogP contribution is -2.48. The molecule has 3 rings (SSSR count). The summed E-state index contributed by atoms with van der Waals surface area (Å²) < 4.78 is 5.24. The summed E-state index contributed by atoms with van der Waals surface area (Å²) in [5, 5.41) is 12.4. The number of furan rings is 1. The Morgan fingerprint density at radius 3 is 2.91 bits per heavy atom. The zero-order valence-corrected chi connectivity index (χ0v) is 12.9. The molecule has 1 aromatic rings. The third-order valence-electron chi connectivity index (χ3n) is 4.79. The Hall–Kier alpha value is -1.53. The second kappa shape index (κ2) is 7.15. The van der Waals surface area contributed by atoms with Crippen molar-refractivity contribution in [2.24, 2.45) is 0 Å². The van der Waals surface area contributed by atoms with E-state index in [0.29, 0.717) is 6.54 Å². The van der Waals surface area contributed by atoms with Crippen LogP contribution < -0.4 is 5.32 Å². The summed E-state index contributed by atoms with van der Waals surface area (Å²) in [7, 11) is 0. The van der Waals surface area contributed by atoms with Gasteiger partial charge in [0.05, 0.1) is 19.4 Å². The van der Waals surface area contributed by atoms with Gasteiger partial charge in [0.2, 0.25) is 0 Å². The van der Waals surface area contributed by atoms with Crippen molar-refractivity contribution in [3.8, 4) is 0 Å². The molecule has 2 saturated heterocycles. The molecule has 0 aromatic carbocycles. The first-order chi connectivity index (χ1) is 10.8. The minimum absolute atomic E-state index is 0.0151. The topological polar surface area (TPSA) is 69.0 Å². The fraction of sp³-hybridized carbons (Fsp3) is 0.688. The molecule has 1 aromatic heterocycles. The van der Waals surface area contributed by atoms with Crippen LogP contribution in [-0.2, 0) is 6.54 Å². The van der Waals surface area contributed by atoms with Gasteiger partial charge in [0.15, 0.2) is 0 Å². The number of aliphatic hydroxyl groups is 1. The summed E-state index contributed by atoms with van der Waals surface area (Å²) in [6.07, 6.45) is 5.92. The minimum Gasteiger partial charge on any atom is -0.467 e. The maximum absolute atomic E-state index is 12.4. The monoisotopic (exact) mass is 307 g/mol. The second-order valence-electron chi connectivity index (χ2n) is 6.20. The largest absolute Gasteiger partial charge is 0.467 e. The maximum Gasteiger partial charge on any atom is 0.318 e. The predicted octanol–water partition coefficient (Wildman–Crippen LogP) is 1.41. The fourth-order valence-electron chi connectivity index (χ4n) is 3.58. The van der Waals surface area contributed by atoms with Crippen molar-refractivity contribution in [1.82, 2.24) is 15.1 Å². The van der Waals surface area contributed by atoms with Crippen molar-refractivity contribution in [1.29, 1.82) is 0 Å². The first-order valence-corrected chi connectivity index (χ1v) is 8.19. The molecule has 0 saturated carbocycles. The van der Waals surface area contributed by atoms with E-state index >= 15 is 0 Å². The van der Waals surface area contributed by atoms with Crippen LogP contribution in [0.25, 0.3) is 0 Å². The molecule has 2 aliphatic heterocycles. The summed E-state index contributed by atoms with van der Waals surface area (Å²) in [5.74, 6) is 0.768. The fourth-order valence-corrected chi connectivity index (χ4v) is 3.58. The van der Waals surface area contributed by atoms with Crippen LogP contribution in [0.4, 0.5) is 4.79 Å². The van der Waals surface area contributed by atoms with Crippen molar-refractivity contribution in [3.05, 3.63) is 24.2 Å². The number of carbonyl (C=O) groups excluding carboxylic acids is 1. The predicted molar refractivity (Wildman–Crippen MR) is 82.4 cm³/mol. The molecular formula is C16H25N3O3. The average molecular weight is 307 g/mol. The van der Waals surface area contributed by atoms with Gasteiger partial charge < -0.3 is 19.7 Å². The van der Waals surface area contributed by atoms with E-state index < -0.39 is 0 Å². The number of nitrogens with one attached hydrogen (secondary N) is 1. The number of carbonyl (C=O) groups is 1. The average Bonchev–Trinajstić information content (AvgIpc) is 3.27. The van der Waals surface area contributed by atoms with Crippen LogP contribution in [0.1, 0.15) is 31.4 Å². The van der Waals surface area contributed by atoms with Crippen LogP contribution in [-0.4, -0.2) is 59.3 Å². The van der Waals surface area contributed by atoms with Crippen LogP contribution in [0.5, 0.6) is 0 Å². The molecule has 122 valence electrons. The number of aliphatic hydroxyl groups excluding tert-OH is 1. The summed E-state index contributed by atoms with van der Waals surface area (Å²) in [6, 6.07) is 4.19. The van der Waals surface area contributed by atoms with E-state index in [1.165, 1.54) is 0 Å². The number of amides is 2. The van der Waals surface area contributed by atoms with Gasteiger partial charge in [0.1, 0.15) is 5.76 Å². The van der Waals surface area contributed by atoms with Gasteiger partial charge in [-0.2, -0.15) is 0 Å². The van der Waals surface area contributed by atoms with Crippen LogP contribution in [0.3, 0.4) is 0 Å². The molecule has 0 radical (unpaired) electrons. The lowest BCUT2D eigenvalue weighted by atomic mass is 10.2. The van der Waals surface area contributed by atoms with Gasteiger partial charge >= 0.3 is 6.03 Å². The van der Waals surface area contributed by atoms with Gasteiger partial charge in [-0.05, 0) is 44.4 Å². The van der Waals surface area contributed by atoms with E-state index in [-0.39, 0.29) is 24.7 Å². The lowest BCUT2D eigenvalue weighted by Gasteiger charge is -2.31. The normalized spacial score (nSPS) is 25.8. The number of hydrogen-bond acceptors (Lipinski definition) is 4. The number of nitrogens with zero attached hydrogens (tertiary/aromatic N) is 2. The smallest absolute Gasteiger partial charge is 0.318 e. The van der Waals surface area contributed by atoms with E-state index in [4.69, 9.17) is 4.42 Å². The van der Waals surface area contributed by atoms with E-state index in [0.717, 1.165) is 51.1 Å². The Kier molecular flexibility index (Phi) is 5.00. The summed E-state index contributed by atoms with van der Waals surface area (Å²) in [6.45, 7) is 3.37.